The van der Waals surface area contributed by atoms with E-state index in [1.54, 1.807) is 0 Å². The van der Waals surface area contributed by atoms with Crippen LogP contribution in [0.25, 0.3) is 0 Å². The van der Waals surface area contributed by atoms with Gasteiger partial charge in [0.05, 0.1) is 6.04 Å². The first-order valence-electron chi connectivity index (χ1n) is 4.79. The van der Waals surface area contributed by atoms with E-state index >= 15 is 0 Å². The Balaban J connectivity index is 3.88. The van der Waals surface area contributed by atoms with Crippen LogP contribution in [0.2, 0.25) is 0 Å². The average Bonchev–Trinajstić information content (AvgIpc) is 2.01. The number of nitrogens with zero attached hydrogens (tertiary/aromatic N) is 1. The van der Waals surface area contributed by atoms with E-state index in [4.69, 9.17) is 6.42 Å². The molecule has 0 aromatic rings. The molecule has 0 saturated carbocycles. The molecule has 0 aliphatic carbocycles. The van der Waals surface area contributed by atoms with Gasteiger partial charge in [-0.25, -0.2) is 0 Å². The molecular formula is C11H21N. The van der Waals surface area contributed by atoms with Crippen molar-refractivity contribution in [2.75, 3.05) is 13.6 Å². The molecular weight excluding hydrogens is 146 g/mol. The quantitative estimate of drug-likeness (QED) is 0.568. The highest BCUT2D eigenvalue weighted by Crippen LogP contribution is 2.08. The third-order valence-electron chi connectivity index (χ3n) is 2.14. The SMILES string of the molecule is C#CC(C(C)C)N(C)CCCC. The lowest BCUT2D eigenvalue weighted by molar-refractivity contribution is 0.238. The summed E-state index contributed by atoms with van der Waals surface area (Å²) in [5, 5.41) is 0. The first-order chi connectivity index (χ1) is 5.63. The second kappa shape index (κ2) is 6.08. The molecule has 70 valence electrons. The highest BCUT2D eigenvalue weighted by molar-refractivity contribution is 5.00. The first kappa shape index (κ1) is 11.5. The van der Waals surface area contributed by atoms with E-state index in [2.05, 4.69) is 38.6 Å². The van der Waals surface area contributed by atoms with Crippen molar-refractivity contribution in [3.8, 4) is 12.3 Å². The normalized spacial score (nSPS) is 13.4. The van der Waals surface area contributed by atoms with E-state index in [-0.39, 0.29) is 0 Å². The van der Waals surface area contributed by atoms with Crippen LogP contribution in [0.1, 0.15) is 33.6 Å². The van der Waals surface area contributed by atoms with Gasteiger partial charge in [0, 0.05) is 0 Å². The van der Waals surface area contributed by atoms with Crippen molar-refractivity contribution in [2.45, 2.75) is 39.7 Å². The van der Waals surface area contributed by atoms with Gasteiger partial charge in [-0.1, -0.05) is 33.1 Å². The molecule has 0 saturated heterocycles. The van der Waals surface area contributed by atoms with Crippen molar-refractivity contribution in [2.24, 2.45) is 5.92 Å². The number of terminal acetylenes is 1. The van der Waals surface area contributed by atoms with Crippen molar-refractivity contribution in [1.82, 2.24) is 4.90 Å². The van der Waals surface area contributed by atoms with E-state index in [0.717, 1.165) is 6.54 Å². The van der Waals surface area contributed by atoms with Crippen molar-refractivity contribution in [1.29, 1.82) is 0 Å². The number of rotatable bonds is 5. The van der Waals surface area contributed by atoms with Crippen LogP contribution in [0.4, 0.5) is 0 Å². The fourth-order valence-electron chi connectivity index (χ4n) is 1.38. The minimum Gasteiger partial charge on any atom is -0.293 e. The van der Waals surface area contributed by atoms with Gasteiger partial charge in [0.1, 0.15) is 0 Å². The van der Waals surface area contributed by atoms with Gasteiger partial charge in [-0.3, -0.25) is 4.90 Å². The molecule has 0 aliphatic rings. The summed E-state index contributed by atoms with van der Waals surface area (Å²) in [7, 11) is 2.11. The fraction of sp³-hybridized carbons (Fsp3) is 0.818. The fourth-order valence-corrected chi connectivity index (χ4v) is 1.38. The molecule has 0 spiro atoms. The van der Waals surface area contributed by atoms with E-state index in [9.17, 15) is 0 Å². The van der Waals surface area contributed by atoms with E-state index in [0.29, 0.717) is 12.0 Å². The molecule has 0 fully saturated rings. The van der Waals surface area contributed by atoms with Crippen LogP contribution in [-0.2, 0) is 0 Å². The summed E-state index contributed by atoms with van der Waals surface area (Å²) in [4.78, 5) is 2.27. The summed E-state index contributed by atoms with van der Waals surface area (Å²) in [6, 6.07) is 0.302. The number of hydrogen-bond acceptors (Lipinski definition) is 1. The predicted molar refractivity (Wildman–Crippen MR) is 55.0 cm³/mol. The molecule has 1 heteroatoms. The van der Waals surface area contributed by atoms with Gasteiger partial charge in [-0.15, -0.1) is 6.42 Å². The lowest BCUT2D eigenvalue weighted by Gasteiger charge is -2.26. The molecule has 0 radical (unpaired) electrons. The molecule has 0 rings (SSSR count). The number of hydrogen-bond donors (Lipinski definition) is 0. The van der Waals surface area contributed by atoms with Crippen molar-refractivity contribution in [3.63, 3.8) is 0 Å². The zero-order chi connectivity index (χ0) is 9.56. The standard InChI is InChI=1S/C11H21N/c1-6-8-9-12(5)11(7-2)10(3)4/h2,10-11H,6,8-9H2,1,3-5H3. The zero-order valence-electron chi connectivity index (χ0n) is 8.80. The van der Waals surface area contributed by atoms with Gasteiger partial charge in [0.15, 0.2) is 0 Å². The van der Waals surface area contributed by atoms with Gasteiger partial charge in [-0.05, 0) is 25.9 Å². The second-order valence-corrected chi connectivity index (χ2v) is 3.69. The smallest absolute Gasteiger partial charge is 0.0732 e. The third kappa shape index (κ3) is 3.78. The molecule has 0 amide bonds. The molecule has 0 aliphatic heterocycles. The predicted octanol–water partition coefficient (Wildman–Crippen LogP) is 2.38. The highest BCUT2D eigenvalue weighted by atomic mass is 15.1. The third-order valence-corrected chi connectivity index (χ3v) is 2.14. The van der Waals surface area contributed by atoms with Gasteiger partial charge in [0.25, 0.3) is 0 Å². The van der Waals surface area contributed by atoms with E-state index in [1.165, 1.54) is 12.8 Å². The van der Waals surface area contributed by atoms with E-state index < -0.39 is 0 Å². The topological polar surface area (TPSA) is 3.24 Å². The van der Waals surface area contributed by atoms with Crippen LogP contribution in [0.15, 0.2) is 0 Å². The minimum absolute atomic E-state index is 0.302. The van der Waals surface area contributed by atoms with Crippen LogP contribution in [-0.4, -0.2) is 24.5 Å². The maximum atomic E-state index is 5.45. The van der Waals surface area contributed by atoms with Crippen molar-refractivity contribution >= 4 is 0 Å². The monoisotopic (exact) mass is 167 g/mol. The molecule has 1 nitrogen and oxygen atoms in total. The van der Waals surface area contributed by atoms with Crippen molar-refractivity contribution < 1.29 is 0 Å². The molecule has 0 bridgehead atoms. The Morgan fingerprint density at radius 1 is 1.42 bits per heavy atom. The van der Waals surface area contributed by atoms with Crippen LogP contribution in [0, 0.1) is 18.3 Å². The molecule has 0 aromatic carbocycles. The highest BCUT2D eigenvalue weighted by Gasteiger charge is 2.14. The Bertz CT molecular complexity index is 144. The van der Waals surface area contributed by atoms with Gasteiger partial charge >= 0.3 is 0 Å². The largest absolute Gasteiger partial charge is 0.293 e. The molecule has 12 heavy (non-hydrogen) atoms. The lowest BCUT2D eigenvalue weighted by Crippen LogP contribution is -2.35. The Labute approximate surface area is 77.1 Å². The minimum atomic E-state index is 0.302. The number of unbranched alkanes of at least 4 members (excludes halogenated alkanes) is 1. The van der Waals surface area contributed by atoms with Crippen LogP contribution < -0.4 is 0 Å². The molecule has 0 aromatic heterocycles. The summed E-state index contributed by atoms with van der Waals surface area (Å²) >= 11 is 0. The maximum Gasteiger partial charge on any atom is 0.0732 e. The molecule has 1 atom stereocenters. The van der Waals surface area contributed by atoms with Crippen LogP contribution in [0.5, 0.6) is 0 Å². The first-order valence-corrected chi connectivity index (χ1v) is 4.79. The van der Waals surface area contributed by atoms with E-state index in [1.807, 2.05) is 0 Å². The Kier molecular flexibility index (Phi) is 5.84. The van der Waals surface area contributed by atoms with Crippen molar-refractivity contribution in [3.05, 3.63) is 0 Å². The average molecular weight is 167 g/mol. The summed E-state index contributed by atoms with van der Waals surface area (Å²) < 4.78 is 0. The maximum absolute atomic E-state index is 5.45. The van der Waals surface area contributed by atoms with Gasteiger partial charge in [0.2, 0.25) is 0 Å². The summed E-state index contributed by atoms with van der Waals surface area (Å²) in [6.45, 7) is 7.66. The molecule has 0 N–H and O–H groups in total. The lowest BCUT2D eigenvalue weighted by atomic mass is 10.0. The summed E-state index contributed by atoms with van der Waals surface area (Å²) in [5.74, 6) is 3.39. The Morgan fingerprint density at radius 2 is 2.00 bits per heavy atom. The Morgan fingerprint density at radius 3 is 2.33 bits per heavy atom. The van der Waals surface area contributed by atoms with Gasteiger partial charge < -0.3 is 0 Å². The van der Waals surface area contributed by atoms with Gasteiger partial charge in [-0.2, -0.15) is 0 Å². The van der Waals surface area contributed by atoms with Crippen LogP contribution in [0.3, 0.4) is 0 Å². The molecule has 0 heterocycles. The summed E-state index contributed by atoms with van der Waals surface area (Å²) in [6.07, 6.45) is 7.93. The molecule has 1 unspecified atom stereocenters. The second-order valence-electron chi connectivity index (χ2n) is 3.69. The Hall–Kier alpha value is -0.480. The zero-order valence-corrected chi connectivity index (χ0v) is 8.80. The summed E-state index contributed by atoms with van der Waals surface area (Å²) in [5.41, 5.74) is 0. The van der Waals surface area contributed by atoms with Crippen LogP contribution >= 0.6 is 0 Å².